The highest BCUT2D eigenvalue weighted by atomic mass is 28.4. The predicted molar refractivity (Wildman–Crippen MR) is 124 cm³/mol. The summed E-state index contributed by atoms with van der Waals surface area (Å²) in [7, 11) is 2.41. The van der Waals surface area contributed by atoms with Gasteiger partial charge in [0.2, 0.25) is 0 Å². The second-order valence-corrected chi connectivity index (χ2v) is 15.5. The van der Waals surface area contributed by atoms with E-state index in [1.54, 1.807) is 11.1 Å². The van der Waals surface area contributed by atoms with Crippen molar-refractivity contribution in [2.24, 2.45) is 0 Å². The van der Waals surface area contributed by atoms with Crippen LogP contribution in [0.5, 0.6) is 0 Å². The maximum absolute atomic E-state index is 13.1. The number of H-pyrrole nitrogens is 1. The molecular weight excluding hydrogens is 430 g/mol. The summed E-state index contributed by atoms with van der Waals surface area (Å²) in [4.78, 5) is 22.6. The van der Waals surface area contributed by atoms with Crippen LogP contribution >= 0.6 is 0 Å². The smallest absolute Gasteiger partial charge is 0.411 e. The molecule has 0 radical (unpaired) electrons. The Kier molecular flexibility index (Phi) is 7.88. The Morgan fingerprint density at radius 1 is 1.09 bits per heavy atom. The topological polar surface area (TPSA) is 95.1 Å². The van der Waals surface area contributed by atoms with Gasteiger partial charge in [-0.15, -0.1) is 0 Å². The largest absolute Gasteiger partial charge is 0.444 e. The van der Waals surface area contributed by atoms with Crippen LogP contribution in [0.3, 0.4) is 0 Å². The Hall–Kier alpha value is -1.46. The first-order chi connectivity index (χ1) is 14.6. The summed E-state index contributed by atoms with van der Waals surface area (Å²) < 4.78 is 28.6. The van der Waals surface area contributed by atoms with Crippen molar-refractivity contribution >= 4 is 14.4 Å². The molecular formula is C22H41N3O6Si. The molecule has 0 saturated carbocycles. The predicted octanol–water partition coefficient (Wildman–Crippen LogP) is 4.53. The fourth-order valence-corrected chi connectivity index (χ4v) is 4.84. The van der Waals surface area contributed by atoms with Crippen molar-refractivity contribution in [3.8, 4) is 0 Å². The summed E-state index contributed by atoms with van der Waals surface area (Å²) in [5.41, 5.74) is -0.177. The van der Waals surface area contributed by atoms with Crippen molar-refractivity contribution in [3.05, 3.63) is 17.7 Å². The molecule has 2 atom stereocenters. The van der Waals surface area contributed by atoms with Crippen molar-refractivity contribution < 1.29 is 28.2 Å². The minimum absolute atomic E-state index is 0.0642. The minimum atomic E-state index is -2.02. The SMILES string of the molecule is COC(OC)(OC)c1c[nH]c([C@@H]2C[C@@H](O[Si](C)(C)C(C)(C)C)CN2C(=O)OC(C)(C)C)n1. The Morgan fingerprint density at radius 2 is 1.66 bits per heavy atom. The third-order valence-corrected chi connectivity index (χ3v) is 10.7. The zero-order valence-electron chi connectivity index (χ0n) is 21.5. The van der Waals surface area contributed by atoms with Gasteiger partial charge in [0.1, 0.15) is 17.1 Å². The number of carbonyl (C=O) groups is 1. The average molecular weight is 472 g/mol. The lowest BCUT2D eigenvalue weighted by molar-refractivity contribution is -0.366. The van der Waals surface area contributed by atoms with Crippen LogP contribution in [0, 0.1) is 0 Å². The van der Waals surface area contributed by atoms with Crippen LogP contribution in [-0.2, 0) is 29.3 Å². The fourth-order valence-electron chi connectivity index (χ4n) is 3.49. The third-order valence-electron chi connectivity index (χ3n) is 6.19. The number of amides is 1. The van der Waals surface area contributed by atoms with Crippen molar-refractivity contribution in [2.45, 2.75) is 89.8 Å². The number of carbonyl (C=O) groups excluding carboxylic acids is 1. The number of rotatable bonds is 7. The molecule has 10 heteroatoms. The Morgan fingerprint density at radius 3 is 2.12 bits per heavy atom. The van der Waals surface area contributed by atoms with Crippen LogP contribution in [0.4, 0.5) is 4.79 Å². The van der Waals surface area contributed by atoms with Crippen LogP contribution in [0.2, 0.25) is 18.1 Å². The normalized spacial score (nSPS) is 20.7. The summed E-state index contributed by atoms with van der Waals surface area (Å²) in [6.45, 7) is 17.0. The van der Waals surface area contributed by atoms with E-state index in [1.165, 1.54) is 21.3 Å². The van der Waals surface area contributed by atoms with E-state index >= 15 is 0 Å². The molecule has 0 spiro atoms. The number of hydrogen-bond acceptors (Lipinski definition) is 7. The van der Waals surface area contributed by atoms with Gasteiger partial charge < -0.3 is 28.4 Å². The summed E-state index contributed by atoms with van der Waals surface area (Å²) in [5.74, 6) is -0.830. The van der Waals surface area contributed by atoms with Gasteiger partial charge in [-0.3, -0.25) is 4.90 Å². The number of imidazole rings is 1. The first-order valence-corrected chi connectivity index (χ1v) is 13.9. The molecule has 1 aliphatic rings. The molecule has 0 aromatic carbocycles. The Bertz CT molecular complexity index is 771. The molecule has 1 amide bonds. The second kappa shape index (κ2) is 9.42. The molecule has 1 N–H and O–H groups in total. The van der Waals surface area contributed by atoms with Crippen molar-refractivity contribution in [3.63, 3.8) is 0 Å². The van der Waals surface area contributed by atoms with Gasteiger partial charge in [-0.2, -0.15) is 0 Å². The molecule has 1 aromatic heterocycles. The first-order valence-electron chi connectivity index (χ1n) is 11.0. The number of aromatic nitrogens is 2. The van der Waals surface area contributed by atoms with E-state index in [0.717, 1.165) is 0 Å². The number of nitrogens with one attached hydrogen (secondary N) is 1. The molecule has 2 heterocycles. The molecule has 2 rings (SSSR count). The quantitative estimate of drug-likeness (QED) is 0.461. The molecule has 184 valence electrons. The number of aromatic amines is 1. The summed E-state index contributed by atoms with van der Waals surface area (Å²) >= 11 is 0. The lowest BCUT2D eigenvalue weighted by Crippen LogP contribution is -2.45. The monoisotopic (exact) mass is 471 g/mol. The standard InChI is InChI=1S/C22H41N3O6Si/c1-20(2,3)30-19(26)25-14-15(31-32(10,11)21(4,5)6)12-16(25)18-23-13-17(24-18)22(27-7,28-8)29-9/h13,15-16H,12,14H2,1-11H3,(H,23,24)/t15-,16+/m1/s1. The highest BCUT2D eigenvalue weighted by Crippen LogP contribution is 2.41. The molecule has 1 aliphatic heterocycles. The Balaban J connectivity index is 2.36. The van der Waals surface area contributed by atoms with E-state index in [-0.39, 0.29) is 17.2 Å². The Labute approximate surface area is 193 Å². The molecule has 0 unspecified atom stereocenters. The maximum Gasteiger partial charge on any atom is 0.411 e. The maximum atomic E-state index is 13.1. The molecule has 0 aliphatic carbocycles. The van der Waals surface area contributed by atoms with E-state index in [9.17, 15) is 4.79 Å². The third kappa shape index (κ3) is 5.71. The minimum Gasteiger partial charge on any atom is -0.444 e. The lowest BCUT2D eigenvalue weighted by Gasteiger charge is -2.38. The number of nitrogens with zero attached hydrogens (tertiary/aromatic N) is 2. The molecule has 0 bridgehead atoms. The summed E-state index contributed by atoms with van der Waals surface area (Å²) in [6, 6.07) is -0.336. The van der Waals surface area contributed by atoms with Crippen LogP contribution < -0.4 is 0 Å². The van der Waals surface area contributed by atoms with Crippen LogP contribution in [-0.4, -0.2) is 68.9 Å². The highest BCUT2D eigenvalue weighted by molar-refractivity contribution is 6.74. The van der Waals surface area contributed by atoms with Gasteiger partial charge in [-0.1, -0.05) is 20.8 Å². The van der Waals surface area contributed by atoms with Gasteiger partial charge in [0.25, 0.3) is 0 Å². The molecule has 9 nitrogen and oxygen atoms in total. The van der Waals surface area contributed by atoms with E-state index in [2.05, 4.69) is 43.8 Å². The molecule has 1 aromatic rings. The van der Waals surface area contributed by atoms with Gasteiger partial charge in [0.05, 0.1) is 12.1 Å². The van der Waals surface area contributed by atoms with E-state index < -0.39 is 26.0 Å². The molecule has 1 saturated heterocycles. The summed E-state index contributed by atoms with van der Waals surface area (Å²) in [5, 5.41) is 0.0642. The highest BCUT2D eigenvalue weighted by Gasteiger charge is 2.46. The number of ether oxygens (including phenoxy) is 4. The van der Waals surface area contributed by atoms with Gasteiger partial charge in [0.15, 0.2) is 8.32 Å². The molecule has 1 fully saturated rings. The average Bonchev–Trinajstić information content (AvgIpc) is 3.28. The van der Waals surface area contributed by atoms with Crippen molar-refractivity contribution in [1.82, 2.24) is 14.9 Å². The number of hydrogen-bond donors (Lipinski definition) is 1. The fraction of sp³-hybridized carbons (Fsp3) is 0.818. The van der Waals surface area contributed by atoms with Crippen LogP contribution in [0.15, 0.2) is 6.20 Å². The van der Waals surface area contributed by atoms with Gasteiger partial charge >= 0.3 is 12.1 Å². The van der Waals surface area contributed by atoms with Crippen molar-refractivity contribution in [2.75, 3.05) is 27.9 Å². The van der Waals surface area contributed by atoms with Gasteiger partial charge in [-0.05, 0) is 38.9 Å². The first kappa shape index (κ1) is 26.8. The van der Waals surface area contributed by atoms with Crippen molar-refractivity contribution in [1.29, 1.82) is 0 Å². The zero-order valence-corrected chi connectivity index (χ0v) is 22.5. The van der Waals surface area contributed by atoms with Gasteiger partial charge in [-0.25, -0.2) is 9.78 Å². The molecule has 32 heavy (non-hydrogen) atoms. The van der Waals surface area contributed by atoms with E-state index in [0.29, 0.717) is 24.5 Å². The lowest BCUT2D eigenvalue weighted by atomic mass is 10.2. The van der Waals surface area contributed by atoms with Crippen LogP contribution in [0.25, 0.3) is 0 Å². The van der Waals surface area contributed by atoms with E-state index in [1.807, 2.05) is 20.8 Å². The zero-order chi connectivity index (χ0) is 24.5. The second-order valence-electron chi connectivity index (χ2n) is 10.7. The van der Waals surface area contributed by atoms with Crippen LogP contribution in [0.1, 0.15) is 65.5 Å². The number of methoxy groups -OCH3 is 3. The summed E-state index contributed by atoms with van der Waals surface area (Å²) in [6.07, 6.45) is 1.78. The van der Waals surface area contributed by atoms with Gasteiger partial charge in [0, 0.05) is 40.5 Å². The number of likely N-dealkylation sites (tertiary alicyclic amines) is 1. The van der Waals surface area contributed by atoms with E-state index in [4.69, 9.17) is 23.4 Å².